The highest BCUT2D eigenvalue weighted by molar-refractivity contribution is 7.09. The molecule has 0 fully saturated rings. The zero-order valence-corrected chi connectivity index (χ0v) is 14.6. The van der Waals surface area contributed by atoms with E-state index in [1.807, 2.05) is 43.4 Å². The van der Waals surface area contributed by atoms with Gasteiger partial charge in [-0.25, -0.2) is 4.98 Å². The van der Waals surface area contributed by atoms with E-state index in [9.17, 15) is 4.79 Å². The van der Waals surface area contributed by atoms with Crippen molar-refractivity contribution in [3.63, 3.8) is 0 Å². The topological polar surface area (TPSA) is 71.3 Å². The third-order valence-electron chi connectivity index (χ3n) is 3.50. The van der Waals surface area contributed by atoms with Gasteiger partial charge in [0.15, 0.2) is 5.76 Å². The monoisotopic (exact) mass is 342 g/mol. The van der Waals surface area contributed by atoms with E-state index in [4.69, 9.17) is 4.42 Å². The Bertz CT molecular complexity index is 854. The average Bonchev–Trinajstić information content (AvgIpc) is 3.21. The lowest BCUT2D eigenvalue weighted by Crippen LogP contribution is -2.24. The van der Waals surface area contributed by atoms with Gasteiger partial charge < -0.3 is 14.6 Å². The minimum atomic E-state index is -0.202. The lowest BCUT2D eigenvalue weighted by Gasteiger charge is -2.16. The van der Waals surface area contributed by atoms with Crippen LogP contribution in [-0.4, -0.2) is 30.0 Å². The van der Waals surface area contributed by atoms with Gasteiger partial charge in [0.2, 0.25) is 0 Å². The second-order valence-corrected chi connectivity index (χ2v) is 6.56. The number of nitrogens with zero attached hydrogens (tertiary/aromatic N) is 3. The number of hydrogen-bond donors (Lipinski definition) is 1. The fraction of sp³-hybridized carbons (Fsp3) is 0.235. The van der Waals surface area contributed by atoms with Gasteiger partial charge in [-0.15, -0.1) is 11.3 Å². The van der Waals surface area contributed by atoms with Crippen molar-refractivity contribution in [2.24, 2.45) is 0 Å². The Kier molecular flexibility index (Phi) is 4.61. The molecule has 7 heteroatoms. The highest BCUT2D eigenvalue weighted by Gasteiger charge is 2.14. The van der Waals surface area contributed by atoms with E-state index in [2.05, 4.69) is 15.3 Å². The minimum Gasteiger partial charge on any atom is -0.462 e. The van der Waals surface area contributed by atoms with Crippen LogP contribution in [-0.2, 0) is 6.54 Å². The Morgan fingerprint density at radius 2 is 2.25 bits per heavy atom. The lowest BCUT2D eigenvalue weighted by atomic mass is 10.2. The lowest BCUT2D eigenvalue weighted by molar-refractivity contribution is 0.0950. The third kappa shape index (κ3) is 3.46. The van der Waals surface area contributed by atoms with E-state index < -0.39 is 0 Å². The van der Waals surface area contributed by atoms with Gasteiger partial charge in [0.25, 0.3) is 5.91 Å². The maximum atomic E-state index is 12.3. The first-order valence-corrected chi connectivity index (χ1v) is 8.33. The Hall–Kier alpha value is -2.67. The second kappa shape index (κ2) is 6.84. The van der Waals surface area contributed by atoms with Crippen LogP contribution in [0.1, 0.15) is 21.1 Å². The fourth-order valence-corrected chi connectivity index (χ4v) is 2.91. The number of aryl methyl sites for hydroxylation is 1. The Morgan fingerprint density at radius 1 is 1.42 bits per heavy atom. The largest absolute Gasteiger partial charge is 0.462 e. The molecule has 124 valence electrons. The van der Waals surface area contributed by atoms with Crippen LogP contribution in [0.15, 0.2) is 40.5 Å². The van der Waals surface area contributed by atoms with Crippen molar-refractivity contribution in [2.75, 3.05) is 19.0 Å². The van der Waals surface area contributed by atoms with Crippen LogP contribution in [0.2, 0.25) is 0 Å². The summed E-state index contributed by atoms with van der Waals surface area (Å²) < 4.78 is 5.46. The summed E-state index contributed by atoms with van der Waals surface area (Å²) in [6.45, 7) is 2.28. The maximum absolute atomic E-state index is 12.3. The summed E-state index contributed by atoms with van der Waals surface area (Å²) in [5.41, 5.74) is 3.01. The van der Waals surface area contributed by atoms with E-state index >= 15 is 0 Å². The third-order valence-corrected chi connectivity index (χ3v) is 4.27. The zero-order valence-electron chi connectivity index (χ0n) is 13.7. The molecule has 0 aliphatic rings. The highest BCUT2D eigenvalue weighted by atomic mass is 32.1. The van der Waals surface area contributed by atoms with Crippen molar-refractivity contribution in [3.8, 4) is 11.5 Å². The molecule has 0 bridgehead atoms. The van der Waals surface area contributed by atoms with Crippen molar-refractivity contribution in [2.45, 2.75) is 13.5 Å². The summed E-state index contributed by atoms with van der Waals surface area (Å²) in [5, 5.41) is 5.74. The number of aromatic nitrogens is 2. The Balaban J connectivity index is 1.69. The summed E-state index contributed by atoms with van der Waals surface area (Å²) in [6.07, 6.45) is 3.17. The number of pyridine rings is 1. The van der Waals surface area contributed by atoms with Crippen LogP contribution < -0.4 is 10.2 Å². The Labute approximate surface area is 144 Å². The molecule has 24 heavy (non-hydrogen) atoms. The molecule has 0 saturated carbocycles. The first kappa shape index (κ1) is 16.2. The molecule has 3 heterocycles. The number of carbonyl (C=O) groups is 1. The minimum absolute atomic E-state index is 0.202. The average molecular weight is 342 g/mol. The summed E-state index contributed by atoms with van der Waals surface area (Å²) >= 11 is 1.54. The number of furan rings is 1. The predicted molar refractivity (Wildman–Crippen MR) is 94.3 cm³/mol. The molecular weight excluding hydrogens is 324 g/mol. The predicted octanol–water partition coefficient (Wildman–Crippen LogP) is 3.10. The Morgan fingerprint density at radius 3 is 2.96 bits per heavy atom. The van der Waals surface area contributed by atoms with Gasteiger partial charge in [-0.3, -0.25) is 9.78 Å². The van der Waals surface area contributed by atoms with Gasteiger partial charge in [0, 0.05) is 25.7 Å². The molecule has 1 N–H and O–H groups in total. The van der Waals surface area contributed by atoms with Crippen LogP contribution in [0, 0.1) is 6.92 Å². The van der Waals surface area contributed by atoms with E-state index in [0.717, 1.165) is 22.1 Å². The second-order valence-electron chi connectivity index (χ2n) is 5.50. The molecular formula is C17H18N4O2S. The molecule has 0 aliphatic carbocycles. The van der Waals surface area contributed by atoms with Crippen molar-refractivity contribution >= 4 is 22.9 Å². The van der Waals surface area contributed by atoms with Crippen LogP contribution in [0.4, 0.5) is 5.69 Å². The van der Waals surface area contributed by atoms with Crippen molar-refractivity contribution < 1.29 is 9.21 Å². The quantitative estimate of drug-likeness (QED) is 0.771. The molecule has 0 aliphatic heterocycles. The number of thiazole rings is 1. The van der Waals surface area contributed by atoms with Gasteiger partial charge in [-0.1, -0.05) is 0 Å². The number of hydrogen-bond acceptors (Lipinski definition) is 6. The van der Waals surface area contributed by atoms with E-state index in [-0.39, 0.29) is 5.91 Å². The molecule has 0 unspecified atom stereocenters. The first-order chi connectivity index (χ1) is 11.5. The number of nitrogens with one attached hydrogen (secondary N) is 1. The SMILES string of the molecule is Cc1nc(-c2cc(C(=O)NCc3ncccc3N(C)C)co2)cs1. The summed E-state index contributed by atoms with van der Waals surface area (Å²) in [7, 11) is 3.89. The van der Waals surface area contributed by atoms with Crippen LogP contribution in [0.5, 0.6) is 0 Å². The van der Waals surface area contributed by atoms with Crippen molar-refractivity contribution in [1.82, 2.24) is 15.3 Å². The van der Waals surface area contributed by atoms with Gasteiger partial charge >= 0.3 is 0 Å². The van der Waals surface area contributed by atoms with Gasteiger partial charge in [0.05, 0.1) is 28.5 Å². The molecule has 3 aromatic heterocycles. The smallest absolute Gasteiger partial charge is 0.254 e. The van der Waals surface area contributed by atoms with Crippen LogP contribution in [0.3, 0.4) is 0 Å². The number of carbonyl (C=O) groups excluding carboxylic acids is 1. The van der Waals surface area contributed by atoms with Crippen LogP contribution in [0.25, 0.3) is 11.5 Å². The molecule has 0 radical (unpaired) electrons. The molecule has 3 rings (SSSR count). The van der Waals surface area contributed by atoms with E-state index in [1.165, 1.54) is 6.26 Å². The van der Waals surface area contributed by atoms with Gasteiger partial charge in [-0.05, 0) is 25.1 Å². The van der Waals surface area contributed by atoms with Gasteiger partial charge in [0.1, 0.15) is 12.0 Å². The highest BCUT2D eigenvalue weighted by Crippen LogP contribution is 2.24. The standard InChI is InChI=1S/C17H18N4O2S/c1-11-20-14(10-24-11)16-7-12(9-23-16)17(22)19-8-13-15(21(2)3)5-4-6-18-13/h4-7,9-10H,8H2,1-3H3,(H,19,22). The molecule has 0 spiro atoms. The molecule has 0 saturated heterocycles. The molecule has 3 aromatic rings. The fourth-order valence-electron chi connectivity index (χ4n) is 2.31. The number of rotatable bonds is 5. The van der Waals surface area contributed by atoms with Gasteiger partial charge in [-0.2, -0.15) is 0 Å². The molecule has 6 nitrogen and oxygen atoms in total. The summed E-state index contributed by atoms with van der Waals surface area (Å²) in [6, 6.07) is 5.54. The summed E-state index contributed by atoms with van der Waals surface area (Å²) in [4.78, 5) is 23.0. The number of amides is 1. The molecule has 0 atom stereocenters. The van der Waals surface area contributed by atoms with Crippen molar-refractivity contribution in [1.29, 1.82) is 0 Å². The first-order valence-electron chi connectivity index (χ1n) is 7.45. The molecule has 0 aromatic carbocycles. The molecule has 1 amide bonds. The zero-order chi connectivity index (χ0) is 17.1. The number of anilines is 1. The van der Waals surface area contributed by atoms with Crippen molar-refractivity contribution in [3.05, 3.63) is 52.3 Å². The maximum Gasteiger partial charge on any atom is 0.254 e. The normalized spacial score (nSPS) is 10.6. The van der Waals surface area contributed by atoms with E-state index in [1.54, 1.807) is 23.6 Å². The summed E-state index contributed by atoms with van der Waals surface area (Å²) in [5.74, 6) is 0.392. The van der Waals surface area contributed by atoms with Crippen LogP contribution >= 0.6 is 11.3 Å². The van der Waals surface area contributed by atoms with E-state index in [0.29, 0.717) is 17.9 Å².